The number of methoxy groups -OCH3 is 1. The maximum absolute atomic E-state index is 14.1. The van der Waals surface area contributed by atoms with E-state index in [0.29, 0.717) is 43.7 Å². The molecule has 0 unspecified atom stereocenters. The number of carbonyl (C=O) groups excluding carboxylic acids is 1. The number of carboxylic acids is 1. The molecule has 0 aliphatic heterocycles. The number of aromatic nitrogens is 2. The van der Waals surface area contributed by atoms with Crippen LogP contribution in [0.5, 0.6) is 5.75 Å². The van der Waals surface area contributed by atoms with Crippen molar-refractivity contribution >= 4 is 46.0 Å². The Hall–Kier alpha value is -4.54. The zero-order chi connectivity index (χ0) is 35.1. The Bertz CT molecular complexity index is 1900. The van der Waals surface area contributed by atoms with Gasteiger partial charge in [-0.25, -0.2) is 0 Å². The number of hydrogen-bond acceptors (Lipinski definition) is 4. The van der Waals surface area contributed by atoms with Gasteiger partial charge in [-0.15, -0.1) is 0 Å². The highest BCUT2D eigenvalue weighted by atomic mass is 35.5. The molecule has 2 N–H and O–H groups in total. The second kappa shape index (κ2) is 15.8. The van der Waals surface area contributed by atoms with Crippen molar-refractivity contribution < 1.29 is 32.6 Å². The monoisotopic (exact) mass is 711 g/mol. The van der Waals surface area contributed by atoms with E-state index in [1.165, 1.54) is 0 Å². The van der Waals surface area contributed by atoms with Crippen molar-refractivity contribution in [3.63, 3.8) is 0 Å². The molecule has 49 heavy (non-hydrogen) atoms. The van der Waals surface area contributed by atoms with E-state index < -0.39 is 43.4 Å². The van der Waals surface area contributed by atoms with Crippen molar-refractivity contribution in [2.75, 3.05) is 33.7 Å². The number of alkyl halides is 3. The number of ether oxygens (including phenoxy) is 1. The first-order valence-corrected chi connectivity index (χ1v) is 16.3. The standard InChI is InChI=1S/C37H34Cl2F3N3O4/c1-49-30-9-6-23(7-10-30)26-8-11-31-33(18-26)45(44-35(31)27-16-28(38)19-29(39)17-27)32(12-14-37(20-40,21-41)22-42)24-2-4-25(5-3-24)36(48)43-15-13-34(46)47/h2-11,16-19,32H,12-15,20-22H2,1H3,(H,43,48)(H,46,47)/t32-/m0/s1. The molecule has 0 aliphatic carbocycles. The van der Waals surface area contributed by atoms with Crippen LogP contribution in [0.1, 0.15) is 41.2 Å². The van der Waals surface area contributed by atoms with Crippen LogP contribution in [0.4, 0.5) is 13.2 Å². The van der Waals surface area contributed by atoms with Gasteiger partial charge in [-0.1, -0.05) is 53.5 Å². The van der Waals surface area contributed by atoms with Crippen molar-refractivity contribution in [3.05, 3.63) is 106 Å². The van der Waals surface area contributed by atoms with Crippen LogP contribution in [0.3, 0.4) is 0 Å². The smallest absolute Gasteiger partial charge is 0.305 e. The van der Waals surface area contributed by atoms with Gasteiger partial charge in [-0.05, 0) is 84.1 Å². The summed E-state index contributed by atoms with van der Waals surface area (Å²) in [6.45, 7) is -3.55. The zero-order valence-electron chi connectivity index (χ0n) is 26.6. The molecule has 5 rings (SSSR count). The number of nitrogens with zero attached hydrogens (tertiary/aromatic N) is 2. The molecule has 5 aromatic rings. The molecular weight excluding hydrogens is 678 g/mol. The molecule has 12 heteroatoms. The Morgan fingerprint density at radius 3 is 2.10 bits per heavy atom. The predicted octanol–water partition coefficient (Wildman–Crippen LogP) is 9.15. The second-order valence-electron chi connectivity index (χ2n) is 11.9. The molecule has 1 amide bonds. The minimum absolute atomic E-state index is 0.0393. The summed E-state index contributed by atoms with van der Waals surface area (Å²) in [4.78, 5) is 23.5. The van der Waals surface area contributed by atoms with Crippen LogP contribution >= 0.6 is 23.2 Å². The van der Waals surface area contributed by atoms with Gasteiger partial charge in [0.25, 0.3) is 5.91 Å². The lowest BCUT2D eigenvalue weighted by molar-refractivity contribution is -0.136. The summed E-state index contributed by atoms with van der Waals surface area (Å²) >= 11 is 12.8. The minimum atomic E-state index is -1.80. The Morgan fingerprint density at radius 1 is 0.878 bits per heavy atom. The van der Waals surface area contributed by atoms with Crippen molar-refractivity contribution in [3.8, 4) is 28.1 Å². The lowest BCUT2D eigenvalue weighted by Crippen LogP contribution is -2.30. The Labute approximate surface area is 291 Å². The summed E-state index contributed by atoms with van der Waals surface area (Å²) in [6, 6.07) is 24.4. The van der Waals surface area contributed by atoms with E-state index in [-0.39, 0.29) is 25.8 Å². The number of amides is 1. The summed E-state index contributed by atoms with van der Waals surface area (Å²) in [7, 11) is 1.59. The number of carbonyl (C=O) groups is 2. The number of halogens is 5. The Morgan fingerprint density at radius 2 is 1.51 bits per heavy atom. The number of rotatable bonds is 15. The number of aliphatic carboxylic acids is 1. The zero-order valence-corrected chi connectivity index (χ0v) is 28.1. The van der Waals surface area contributed by atoms with Gasteiger partial charge in [0, 0.05) is 33.1 Å². The van der Waals surface area contributed by atoms with Crippen LogP contribution < -0.4 is 10.1 Å². The molecule has 1 atom stereocenters. The van der Waals surface area contributed by atoms with Crippen LogP contribution in [0, 0.1) is 5.41 Å². The van der Waals surface area contributed by atoms with Crippen LogP contribution in [0.15, 0.2) is 84.9 Å². The van der Waals surface area contributed by atoms with E-state index >= 15 is 0 Å². The normalized spacial score (nSPS) is 12.2. The number of fused-ring (bicyclic) bond motifs is 1. The number of carboxylic acid groups (broad SMARTS) is 1. The average molecular weight is 713 g/mol. The first kappa shape index (κ1) is 35.8. The van der Waals surface area contributed by atoms with Gasteiger partial charge >= 0.3 is 5.97 Å². The predicted molar refractivity (Wildman–Crippen MR) is 186 cm³/mol. The highest BCUT2D eigenvalue weighted by molar-refractivity contribution is 6.35. The molecule has 1 heterocycles. The molecule has 0 bridgehead atoms. The van der Waals surface area contributed by atoms with Gasteiger partial charge in [-0.2, -0.15) is 5.10 Å². The quantitative estimate of drug-likeness (QED) is 0.113. The summed E-state index contributed by atoms with van der Waals surface area (Å²) in [6.07, 6.45) is -0.242. The first-order valence-electron chi connectivity index (χ1n) is 15.5. The van der Waals surface area contributed by atoms with Crippen molar-refractivity contribution in [2.24, 2.45) is 5.41 Å². The number of nitrogens with one attached hydrogen (secondary N) is 1. The fourth-order valence-corrected chi connectivity index (χ4v) is 6.19. The molecule has 0 saturated carbocycles. The van der Waals surface area contributed by atoms with Gasteiger partial charge in [0.1, 0.15) is 31.5 Å². The Kier molecular flexibility index (Phi) is 11.5. The summed E-state index contributed by atoms with van der Waals surface area (Å²) < 4.78 is 49.4. The van der Waals surface area contributed by atoms with Gasteiger partial charge in [0.2, 0.25) is 0 Å². The summed E-state index contributed by atoms with van der Waals surface area (Å²) in [5.74, 6) is -0.791. The maximum atomic E-state index is 14.1. The number of benzene rings is 4. The largest absolute Gasteiger partial charge is 0.497 e. The molecule has 256 valence electrons. The second-order valence-corrected chi connectivity index (χ2v) is 12.8. The lowest BCUT2D eigenvalue weighted by atomic mass is 9.84. The molecule has 0 saturated heterocycles. The highest BCUT2D eigenvalue weighted by Gasteiger charge is 2.33. The highest BCUT2D eigenvalue weighted by Crippen LogP contribution is 2.39. The third-order valence-corrected chi connectivity index (χ3v) is 8.98. The maximum Gasteiger partial charge on any atom is 0.305 e. The lowest BCUT2D eigenvalue weighted by Gasteiger charge is -2.28. The fraction of sp³-hybridized carbons (Fsp3) is 0.270. The number of hydrogen-bond donors (Lipinski definition) is 2. The topological polar surface area (TPSA) is 93.5 Å². The van der Waals surface area contributed by atoms with Crippen molar-refractivity contribution in [1.29, 1.82) is 0 Å². The third-order valence-electron chi connectivity index (χ3n) is 8.54. The van der Waals surface area contributed by atoms with Crippen molar-refractivity contribution in [2.45, 2.75) is 25.3 Å². The fourth-order valence-electron chi connectivity index (χ4n) is 5.66. The summed E-state index contributed by atoms with van der Waals surface area (Å²) in [5, 5.41) is 18.1. The van der Waals surface area contributed by atoms with E-state index in [1.807, 2.05) is 42.5 Å². The van der Waals surface area contributed by atoms with Gasteiger partial charge in [0.15, 0.2) is 0 Å². The van der Waals surface area contributed by atoms with Gasteiger partial charge in [-0.3, -0.25) is 27.4 Å². The SMILES string of the molecule is COc1ccc(-c2ccc3c(-c4cc(Cl)cc(Cl)c4)nn([C@@H](CCC(CF)(CF)CF)c4ccc(C(=O)NCCC(=O)O)cc4)c3c2)cc1. The molecule has 0 spiro atoms. The third kappa shape index (κ3) is 8.20. The van der Waals surface area contributed by atoms with E-state index in [1.54, 1.807) is 54.3 Å². The molecule has 0 fully saturated rings. The van der Waals surface area contributed by atoms with Crippen LogP contribution in [0.25, 0.3) is 33.3 Å². The van der Waals surface area contributed by atoms with Crippen LogP contribution in [-0.4, -0.2) is 60.4 Å². The molecule has 4 aromatic carbocycles. The first-order chi connectivity index (χ1) is 23.6. The van der Waals surface area contributed by atoms with Gasteiger partial charge < -0.3 is 15.2 Å². The van der Waals surface area contributed by atoms with Crippen LogP contribution in [-0.2, 0) is 4.79 Å². The minimum Gasteiger partial charge on any atom is -0.497 e. The molecule has 0 aliphatic rings. The van der Waals surface area contributed by atoms with E-state index in [4.69, 9.17) is 38.1 Å². The molecule has 1 aromatic heterocycles. The summed E-state index contributed by atoms with van der Waals surface area (Å²) in [5.41, 5.74) is 2.81. The molecule has 0 radical (unpaired) electrons. The van der Waals surface area contributed by atoms with Gasteiger partial charge in [0.05, 0.1) is 30.5 Å². The van der Waals surface area contributed by atoms with Crippen molar-refractivity contribution in [1.82, 2.24) is 15.1 Å². The van der Waals surface area contributed by atoms with Crippen LogP contribution in [0.2, 0.25) is 10.0 Å². The van der Waals surface area contributed by atoms with E-state index in [9.17, 15) is 22.8 Å². The Balaban J connectivity index is 1.66. The molecule has 7 nitrogen and oxygen atoms in total. The van der Waals surface area contributed by atoms with E-state index in [2.05, 4.69) is 5.32 Å². The average Bonchev–Trinajstić information content (AvgIpc) is 3.48. The van der Waals surface area contributed by atoms with E-state index in [0.717, 1.165) is 16.5 Å². The molecular formula is C37H34Cl2F3N3O4.